The number of piperazine rings is 1. The third-order valence-corrected chi connectivity index (χ3v) is 7.60. The molecule has 6 nitrogen and oxygen atoms in total. The molecule has 2 aromatic rings. The number of benzene rings is 2. The van der Waals surface area contributed by atoms with Crippen molar-refractivity contribution in [2.75, 3.05) is 51.3 Å². The van der Waals surface area contributed by atoms with Crippen molar-refractivity contribution in [3.8, 4) is 5.75 Å². The summed E-state index contributed by atoms with van der Waals surface area (Å²) in [7, 11) is 1.74. The van der Waals surface area contributed by atoms with Crippen LogP contribution in [-0.4, -0.2) is 68.0 Å². The number of methoxy groups -OCH3 is 1. The maximum absolute atomic E-state index is 12.7. The summed E-state index contributed by atoms with van der Waals surface area (Å²) in [5, 5.41) is 0. The van der Waals surface area contributed by atoms with Gasteiger partial charge in [-0.15, -0.1) is 0 Å². The van der Waals surface area contributed by atoms with E-state index in [0.717, 1.165) is 51.3 Å². The number of para-hydroxylation sites is 2. The molecule has 2 amide bonds. The highest BCUT2D eigenvalue weighted by molar-refractivity contribution is 6.21. The number of hydrogen-bond acceptors (Lipinski definition) is 5. The van der Waals surface area contributed by atoms with Crippen LogP contribution in [0.25, 0.3) is 0 Å². The van der Waals surface area contributed by atoms with E-state index in [4.69, 9.17) is 4.74 Å². The number of imide groups is 1. The van der Waals surface area contributed by atoms with Gasteiger partial charge in [-0.1, -0.05) is 24.3 Å². The number of nitrogens with zero attached hydrogens (tertiary/aromatic N) is 3. The number of carbonyl (C=O) groups is 2. The quantitative estimate of drug-likeness (QED) is 0.629. The molecule has 3 aliphatic rings. The molecule has 2 fully saturated rings. The minimum Gasteiger partial charge on any atom is -0.495 e. The lowest BCUT2D eigenvalue weighted by Crippen LogP contribution is -2.48. The molecule has 6 heteroatoms. The zero-order chi connectivity index (χ0) is 22.8. The summed E-state index contributed by atoms with van der Waals surface area (Å²) < 4.78 is 5.54. The highest BCUT2D eigenvalue weighted by Gasteiger charge is 2.37. The van der Waals surface area contributed by atoms with Gasteiger partial charge in [-0.2, -0.15) is 0 Å². The fourth-order valence-corrected chi connectivity index (χ4v) is 5.69. The van der Waals surface area contributed by atoms with Gasteiger partial charge in [0.2, 0.25) is 0 Å². The zero-order valence-electron chi connectivity index (χ0n) is 19.4. The van der Waals surface area contributed by atoms with Gasteiger partial charge in [0.1, 0.15) is 5.75 Å². The first kappa shape index (κ1) is 22.0. The molecule has 2 aliphatic heterocycles. The van der Waals surface area contributed by atoms with Crippen LogP contribution in [0.15, 0.2) is 48.5 Å². The largest absolute Gasteiger partial charge is 0.495 e. The van der Waals surface area contributed by atoms with Crippen molar-refractivity contribution in [2.24, 2.45) is 11.8 Å². The molecule has 0 unspecified atom stereocenters. The summed E-state index contributed by atoms with van der Waals surface area (Å²) in [4.78, 5) is 31.8. The van der Waals surface area contributed by atoms with Crippen molar-refractivity contribution in [3.05, 3.63) is 59.7 Å². The van der Waals surface area contributed by atoms with Crippen LogP contribution in [0.4, 0.5) is 5.69 Å². The molecule has 2 heterocycles. The fraction of sp³-hybridized carbons (Fsp3) is 0.481. The van der Waals surface area contributed by atoms with Crippen molar-refractivity contribution in [3.63, 3.8) is 0 Å². The Morgan fingerprint density at radius 2 is 1.30 bits per heavy atom. The van der Waals surface area contributed by atoms with Crippen molar-refractivity contribution in [1.29, 1.82) is 0 Å². The topological polar surface area (TPSA) is 53.1 Å². The first-order valence-electron chi connectivity index (χ1n) is 12.2. The lowest BCUT2D eigenvalue weighted by atomic mass is 9.81. The molecule has 0 spiro atoms. The molecule has 1 saturated heterocycles. The highest BCUT2D eigenvalue weighted by atomic mass is 16.5. The van der Waals surface area contributed by atoms with Gasteiger partial charge in [0.15, 0.2) is 0 Å². The van der Waals surface area contributed by atoms with Gasteiger partial charge in [-0.05, 0) is 61.8 Å². The monoisotopic (exact) mass is 447 g/mol. The van der Waals surface area contributed by atoms with Crippen LogP contribution in [-0.2, 0) is 0 Å². The van der Waals surface area contributed by atoms with Crippen LogP contribution in [0.5, 0.6) is 5.75 Å². The summed E-state index contributed by atoms with van der Waals surface area (Å²) in [5.41, 5.74) is 2.31. The van der Waals surface area contributed by atoms with Crippen LogP contribution < -0.4 is 9.64 Å². The van der Waals surface area contributed by atoms with Gasteiger partial charge in [-0.25, -0.2) is 0 Å². The van der Waals surface area contributed by atoms with E-state index in [0.29, 0.717) is 29.5 Å². The number of ether oxygens (including phenoxy) is 1. The average molecular weight is 448 g/mol. The second kappa shape index (κ2) is 9.56. The maximum Gasteiger partial charge on any atom is 0.261 e. The molecule has 5 rings (SSSR count). The Labute approximate surface area is 196 Å². The van der Waals surface area contributed by atoms with Gasteiger partial charge in [0.05, 0.1) is 23.9 Å². The Hall–Kier alpha value is -2.86. The molecule has 174 valence electrons. The fourth-order valence-electron chi connectivity index (χ4n) is 5.69. The molecule has 0 bridgehead atoms. The normalized spacial score (nSPS) is 23.7. The van der Waals surface area contributed by atoms with E-state index in [1.54, 1.807) is 19.2 Å². The molecule has 1 saturated carbocycles. The smallest absolute Gasteiger partial charge is 0.261 e. The summed E-state index contributed by atoms with van der Waals surface area (Å²) in [6.45, 7) is 5.92. The van der Waals surface area contributed by atoms with E-state index in [1.165, 1.54) is 23.4 Å². The number of fused-ring (bicyclic) bond motifs is 1. The Balaban J connectivity index is 1.08. The van der Waals surface area contributed by atoms with Gasteiger partial charge in [0, 0.05) is 39.3 Å². The van der Waals surface area contributed by atoms with Gasteiger partial charge in [-0.3, -0.25) is 19.4 Å². The number of hydrogen-bond donors (Lipinski definition) is 0. The second-order valence-corrected chi connectivity index (χ2v) is 9.61. The molecular formula is C27H33N3O3. The van der Waals surface area contributed by atoms with E-state index >= 15 is 0 Å². The summed E-state index contributed by atoms with van der Waals surface area (Å²) >= 11 is 0. The second-order valence-electron chi connectivity index (χ2n) is 9.61. The van der Waals surface area contributed by atoms with E-state index in [-0.39, 0.29) is 11.8 Å². The first-order valence-corrected chi connectivity index (χ1v) is 12.2. The summed E-state index contributed by atoms with van der Waals surface area (Å²) in [5.74, 6) is 1.84. The van der Waals surface area contributed by atoms with Crippen LogP contribution in [0.1, 0.15) is 46.4 Å². The van der Waals surface area contributed by atoms with E-state index in [1.807, 2.05) is 24.3 Å². The van der Waals surface area contributed by atoms with E-state index < -0.39 is 0 Å². The van der Waals surface area contributed by atoms with Gasteiger partial charge in [0.25, 0.3) is 11.8 Å². The van der Waals surface area contributed by atoms with Crippen LogP contribution in [0.3, 0.4) is 0 Å². The van der Waals surface area contributed by atoms with Gasteiger partial charge >= 0.3 is 0 Å². The van der Waals surface area contributed by atoms with Crippen molar-refractivity contribution in [2.45, 2.75) is 25.7 Å². The predicted octanol–water partition coefficient (Wildman–Crippen LogP) is 3.92. The van der Waals surface area contributed by atoms with Crippen LogP contribution in [0, 0.1) is 11.8 Å². The number of rotatable bonds is 6. The Bertz CT molecular complexity index is 972. The number of amides is 2. The third-order valence-electron chi connectivity index (χ3n) is 7.60. The van der Waals surface area contributed by atoms with E-state index in [9.17, 15) is 9.59 Å². The third kappa shape index (κ3) is 4.49. The van der Waals surface area contributed by atoms with Crippen molar-refractivity contribution >= 4 is 17.5 Å². The molecule has 33 heavy (non-hydrogen) atoms. The molecular weight excluding hydrogens is 414 g/mol. The minimum absolute atomic E-state index is 0.120. The summed E-state index contributed by atoms with van der Waals surface area (Å²) in [6, 6.07) is 15.4. The van der Waals surface area contributed by atoms with Crippen LogP contribution >= 0.6 is 0 Å². The lowest BCUT2D eigenvalue weighted by molar-refractivity contribution is 0.0605. The summed E-state index contributed by atoms with van der Waals surface area (Å²) in [6.07, 6.45) is 4.56. The molecule has 2 aromatic carbocycles. The molecule has 0 atom stereocenters. The Kier molecular flexibility index (Phi) is 6.36. The first-order chi connectivity index (χ1) is 16.1. The minimum atomic E-state index is -0.120. The average Bonchev–Trinajstić information content (AvgIpc) is 3.10. The molecule has 0 radical (unpaired) electrons. The van der Waals surface area contributed by atoms with Crippen LogP contribution in [0.2, 0.25) is 0 Å². The number of anilines is 1. The highest BCUT2D eigenvalue weighted by Crippen LogP contribution is 2.33. The van der Waals surface area contributed by atoms with E-state index in [2.05, 4.69) is 21.9 Å². The SMILES string of the molecule is COc1ccccc1N1CCN(CC2CCC(CN3C(=O)c4ccccc4C3=O)CC2)CC1. The molecule has 0 N–H and O–H groups in total. The molecule has 1 aliphatic carbocycles. The Morgan fingerprint density at radius 1 is 0.758 bits per heavy atom. The lowest BCUT2D eigenvalue weighted by Gasteiger charge is -2.39. The van der Waals surface area contributed by atoms with Gasteiger partial charge < -0.3 is 9.64 Å². The predicted molar refractivity (Wildman–Crippen MR) is 129 cm³/mol. The standard InChI is InChI=1S/C27H33N3O3/c1-33-25-9-5-4-8-24(25)29-16-14-28(15-17-29)18-20-10-12-21(13-11-20)19-30-26(31)22-6-2-3-7-23(22)27(30)32/h2-9,20-21H,10-19H2,1H3. The van der Waals surface area contributed by atoms with Crippen molar-refractivity contribution < 1.29 is 14.3 Å². The number of carbonyl (C=O) groups excluding carboxylic acids is 2. The van der Waals surface area contributed by atoms with Crippen molar-refractivity contribution in [1.82, 2.24) is 9.80 Å². The maximum atomic E-state index is 12.7. The molecule has 0 aromatic heterocycles. The zero-order valence-corrected chi connectivity index (χ0v) is 19.4. The Morgan fingerprint density at radius 3 is 1.91 bits per heavy atom.